The van der Waals surface area contributed by atoms with Crippen LogP contribution in [0.25, 0.3) is 21.9 Å². The number of ether oxygens (including phenoxy) is 1. The van der Waals surface area contributed by atoms with E-state index in [9.17, 15) is 10.0 Å². The zero-order valence-electron chi connectivity index (χ0n) is 15.5. The Morgan fingerprint density at radius 2 is 1.83 bits per heavy atom. The van der Waals surface area contributed by atoms with E-state index in [1.807, 2.05) is 32.0 Å². The largest absolute Gasteiger partial charge is 0.751 e. The van der Waals surface area contributed by atoms with Gasteiger partial charge in [0.05, 0.1) is 27.4 Å². The molecule has 0 aliphatic rings. The van der Waals surface area contributed by atoms with Crippen molar-refractivity contribution in [2.75, 3.05) is 5.06 Å². The van der Waals surface area contributed by atoms with Crippen LogP contribution in [0.15, 0.2) is 53.2 Å². The van der Waals surface area contributed by atoms with Crippen LogP contribution in [0.5, 0.6) is 5.75 Å². The maximum absolute atomic E-state index is 13.1. The molecule has 2 aromatic heterocycles. The van der Waals surface area contributed by atoms with E-state index in [1.54, 1.807) is 12.1 Å². The third kappa shape index (κ3) is 3.40. The molecule has 29 heavy (non-hydrogen) atoms. The molecule has 0 bridgehead atoms. The summed E-state index contributed by atoms with van der Waals surface area (Å²) in [5, 5.41) is 14.2. The van der Waals surface area contributed by atoms with Crippen LogP contribution in [0, 0.1) is 5.21 Å². The predicted octanol–water partition coefficient (Wildman–Crippen LogP) is 6.22. The van der Waals surface area contributed by atoms with Crippen molar-refractivity contribution in [3.8, 4) is 5.75 Å². The minimum absolute atomic E-state index is 0.0195. The number of nitrogens with zero attached hydrogens (tertiary/aromatic N) is 2. The molecule has 0 N–H and O–H groups in total. The molecule has 0 fully saturated rings. The number of carbonyl (C=O) groups excluding carboxylic acids is 1. The third-order valence-electron chi connectivity index (χ3n) is 4.30. The summed E-state index contributed by atoms with van der Waals surface area (Å²) in [7, 11) is 0. The number of benzene rings is 2. The van der Waals surface area contributed by atoms with Crippen molar-refractivity contribution in [1.82, 2.24) is 4.98 Å². The number of hydroxylamine groups is 1. The van der Waals surface area contributed by atoms with Crippen molar-refractivity contribution < 1.29 is 13.9 Å². The van der Waals surface area contributed by atoms with E-state index < -0.39 is 5.91 Å². The van der Waals surface area contributed by atoms with Gasteiger partial charge in [-0.1, -0.05) is 41.4 Å². The summed E-state index contributed by atoms with van der Waals surface area (Å²) in [6.07, 6.45) is 2.41. The number of hydrogen-bond donors (Lipinski definition) is 0. The van der Waals surface area contributed by atoms with Gasteiger partial charge in [-0.15, -0.1) is 0 Å². The van der Waals surface area contributed by atoms with E-state index in [-0.39, 0.29) is 32.5 Å². The van der Waals surface area contributed by atoms with Crippen LogP contribution in [-0.4, -0.2) is 17.0 Å². The fourth-order valence-corrected chi connectivity index (χ4v) is 3.66. The topological polar surface area (TPSA) is 78.6 Å². The zero-order valence-corrected chi connectivity index (χ0v) is 17.0. The highest BCUT2D eigenvalue weighted by molar-refractivity contribution is 6.40. The fourth-order valence-electron chi connectivity index (χ4n) is 3.14. The van der Waals surface area contributed by atoms with E-state index in [1.165, 1.54) is 18.5 Å². The number of pyridine rings is 1. The first kappa shape index (κ1) is 19.5. The summed E-state index contributed by atoms with van der Waals surface area (Å²) >= 11 is 12.1. The van der Waals surface area contributed by atoms with Crippen molar-refractivity contribution in [1.29, 1.82) is 0 Å². The summed E-state index contributed by atoms with van der Waals surface area (Å²) in [5.74, 6) is -0.340. The summed E-state index contributed by atoms with van der Waals surface area (Å²) in [6, 6.07) is 10.4. The predicted molar refractivity (Wildman–Crippen MR) is 114 cm³/mol. The molecule has 0 saturated heterocycles. The SMILES string of the molecule is CC(C)Oc1ccc(C(=O)N([O-])c2c(Cl)cncc2Cl)c2c1oc1ccccc12. The molecule has 2 aromatic carbocycles. The second kappa shape index (κ2) is 7.55. The van der Waals surface area contributed by atoms with Crippen LogP contribution in [0.4, 0.5) is 5.69 Å². The quantitative estimate of drug-likeness (QED) is 0.359. The molecule has 0 unspecified atom stereocenters. The van der Waals surface area contributed by atoms with Gasteiger partial charge >= 0.3 is 0 Å². The molecule has 148 valence electrons. The molecule has 0 atom stereocenters. The van der Waals surface area contributed by atoms with Gasteiger partial charge in [-0.05, 0) is 32.0 Å². The lowest BCUT2D eigenvalue weighted by molar-refractivity contribution is 0.0999. The lowest BCUT2D eigenvalue weighted by Gasteiger charge is -2.30. The number of anilines is 1. The molecule has 0 spiro atoms. The van der Waals surface area contributed by atoms with Crippen molar-refractivity contribution in [2.45, 2.75) is 20.0 Å². The Kier molecular flexibility index (Phi) is 5.08. The van der Waals surface area contributed by atoms with Gasteiger partial charge in [0.1, 0.15) is 5.58 Å². The van der Waals surface area contributed by atoms with Gasteiger partial charge in [-0.2, -0.15) is 0 Å². The van der Waals surface area contributed by atoms with Crippen molar-refractivity contribution in [3.63, 3.8) is 0 Å². The number of hydrogen-bond acceptors (Lipinski definition) is 5. The number of aromatic nitrogens is 1. The molecule has 0 aliphatic carbocycles. The van der Waals surface area contributed by atoms with Gasteiger partial charge < -0.3 is 19.4 Å². The lowest BCUT2D eigenvalue weighted by atomic mass is 10.0. The van der Waals surface area contributed by atoms with Gasteiger partial charge in [0.25, 0.3) is 0 Å². The summed E-state index contributed by atoms with van der Waals surface area (Å²) < 4.78 is 11.8. The fraction of sp³-hybridized carbons (Fsp3) is 0.143. The van der Waals surface area contributed by atoms with Crippen molar-refractivity contribution in [3.05, 3.63) is 69.6 Å². The second-order valence-electron chi connectivity index (χ2n) is 6.63. The van der Waals surface area contributed by atoms with Crippen molar-refractivity contribution in [2.24, 2.45) is 0 Å². The smallest absolute Gasteiger partial charge is 0.248 e. The van der Waals surface area contributed by atoms with Crippen LogP contribution in [0.2, 0.25) is 10.0 Å². The Morgan fingerprint density at radius 3 is 2.52 bits per heavy atom. The number of fused-ring (bicyclic) bond motifs is 3. The number of rotatable bonds is 4. The highest BCUT2D eigenvalue weighted by atomic mass is 35.5. The number of furan rings is 1. The zero-order chi connectivity index (χ0) is 20.7. The molecule has 0 saturated carbocycles. The first-order valence-electron chi connectivity index (χ1n) is 8.80. The Labute approximate surface area is 176 Å². The van der Waals surface area contributed by atoms with Crippen molar-refractivity contribution >= 4 is 56.7 Å². The molecule has 0 aliphatic heterocycles. The highest BCUT2D eigenvalue weighted by Gasteiger charge is 2.23. The van der Waals surface area contributed by atoms with Gasteiger partial charge in [0.15, 0.2) is 11.3 Å². The Bertz CT molecular complexity index is 1220. The van der Waals surface area contributed by atoms with E-state index >= 15 is 0 Å². The minimum Gasteiger partial charge on any atom is -0.751 e. The molecule has 0 radical (unpaired) electrons. The summed E-state index contributed by atoms with van der Waals surface area (Å²) in [5.41, 5.74) is 0.969. The average Bonchev–Trinajstić information content (AvgIpc) is 3.07. The normalized spacial score (nSPS) is 11.4. The van der Waals surface area contributed by atoms with E-state index in [0.717, 1.165) is 0 Å². The number of para-hydroxylation sites is 1. The molecule has 4 rings (SSSR count). The summed E-state index contributed by atoms with van der Waals surface area (Å²) in [4.78, 5) is 16.9. The van der Waals surface area contributed by atoms with Crippen LogP contribution in [0.1, 0.15) is 24.2 Å². The molecule has 2 heterocycles. The molecular weight excluding hydrogens is 415 g/mol. The van der Waals surface area contributed by atoms with Crippen LogP contribution < -0.4 is 9.80 Å². The molecule has 4 aromatic rings. The standard InChI is InChI=1S/C21H15Cl2N2O4/c1-11(2)28-17-8-7-13(18-12-5-3-4-6-16(12)29-20(17)18)21(26)25(27)19-14(22)9-24-10-15(19)23/h3-11H,1-2H3/q-1. The average molecular weight is 430 g/mol. The van der Waals surface area contributed by atoms with Gasteiger partial charge in [-0.3, -0.25) is 9.78 Å². The Hall–Kier alpha value is -2.80. The lowest BCUT2D eigenvalue weighted by Crippen LogP contribution is -2.25. The second-order valence-corrected chi connectivity index (χ2v) is 7.45. The van der Waals surface area contributed by atoms with Crippen LogP contribution >= 0.6 is 23.2 Å². The maximum Gasteiger partial charge on any atom is 0.248 e. The molecular formula is C21H15Cl2N2O4-. The monoisotopic (exact) mass is 429 g/mol. The number of carbonyl (C=O) groups is 1. The van der Waals surface area contributed by atoms with Gasteiger partial charge in [-0.25, -0.2) is 0 Å². The highest BCUT2D eigenvalue weighted by Crippen LogP contribution is 2.39. The maximum atomic E-state index is 13.1. The Morgan fingerprint density at radius 1 is 1.14 bits per heavy atom. The van der Waals surface area contributed by atoms with Crippen LogP contribution in [0.3, 0.4) is 0 Å². The van der Waals surface area contributed by atoms with E-state index in [0.29, 0.717) is 27.7 Å². The first-order chi connectivity index (χ1) is 13.9. The van der Waals surface area contributed by atoms with Gasteiger partial charge in [0.2, 0.25) is 5.91 Å². The van der Waals surface area contributed by atoms with E-state index in [2.05, 4.69) is 4.98 Å². The molecule has 1 amide bonds. The molecule has 8 heteroatoms. The number of amides is 1. The summed E-state index contributed by atoms with van der Waals surface area (Å²) in [6.45, 7) is 3.78. The van der Waals surface area contributed by atoms with E-state index in [4.69, 9.17) is 32.4 Å². The van der Waals surface area contributed by atoms with Gasteiger partial charge in [0, 0.05) is 23.2 Å². The number of halogens is 2. The van der Waals surface area contributed by atoms with Crippen LogP contribution in [-0.2, 0) is 0 Å². The minimum atomic E-state index is -0.826. The third-order valence-corrected chi connectivity index (χ3v) is 4.85. The Balaban J connectivity index is 1.93. The molecule has 6 nitrogen and oxygen atoms in total. The first-order valence-corrected chi connectivity index (χ1v) is 9.55.